The van der Waals surface area contributed by atoms with E-state index >= 15 is 0 Å². The minimum Gasteiger partial charge on any atom is -0.477 e. The fourth-order valence-electron chi connectivity index (χ4n) is 3.38. The van der Waals surface area contributed by atoms with Gasteiger partial charge in [-0.2, -0.15) is 0 Å². The van der Waals surface area contributed by atoms with Gasteiger partial charge in [0.25, 0.3) is 5.72 Å². The molecule has 0 bridgehead atoms. The fourth-order valence-corrected chi connectivity index (χ4v) is 3.38. The van der Waals surface area contributed by atoms with E-state index in [1.165, 1.54) is 18.2 Å². The van der Waals surface area contributed by atoms with Crippen molar-refractivity contribution in [3.05, 3.63) is 23.8 Å². The molecule has 0 fully saturated rings. The molecule has 238 valence electrons. The van der Waals surface area contributed by atoms with E-state index in [-0.39, 0.29) is 55.3 Å². The number of hydrogen-bond acceptors (Lipinski definition) is 11. The average Bonchev–Trinajstić information content (AvgIpc) is 2.89. The topological polar surface area (TPSA) is 156 Å². The van der Waals surface area contributed by atoms with Crippen LogP contribution < -0.4 is 14.8 Å². The molecule has 42 heavy (non-hydrogen) atoms. The molecule has 0 aliphatic carbocycles. The Morgan fingerprint density at radius 3 is 1.86 bits per heavy atom. The summed E-state index contributed by atoms with van der Waals surface area (Å²) in [5.41, 5.74) is -1.94. The van der Waals surface area contributed by atoms with E-state index < -0.39 is 30.2 Å². The van der Waals surface area contributed by atoms with Crippen molar-refractivity contribution in [1.29, 1.82) is 0 Å². The van der Waals surface area contributed by atoms with Crippen LogP contribution in [0.15, 0.2) is 18.2 Å². The van der Waals surface area contributed by atoms with E-state index in [0.29, 0.717) is 31.6 Å². The maximum Gasteiger partial charge on any atom is 0.513 e. The van der Waals surface area contributed by atoms with Gasteiger partial charge in [0.1, 0.15) is 0 Å². The Bertz CT molecular complexity index is 1010. The molecule has 0 aromatic heterocycles. The molecule has 12 nitrogen and oxygen atoms in total. The van der Waals surface area contributed by atoms with Crippen molar-refractivity contribution in [3.63, 3.8) is 0 Å². The van der Waals surface area contributed by atoms with Crippen molar-refractivity contribution in [3.8, 4) is 11.5 Å². The number of unbranched alkanes of at least 4 members (excludes halogenated alkanes) is 1. The van der Waals surface area contributed by atoms with Crippen molar-refractivity contribution < 1.29 is 52.7 Å². The minimum atomic E-state index is -2.22. The van der Waals surface area contributed by atoms with Gasteiger partial charge in [-0.05, 0) is 62.1 Å². The fraction of sp³-hybridized carbons (Fsp3) is 0.667. The van der Waals surface area contributed by atoms with Gasteiger partial charge in [0.2, 0.25) is 0 Å². The van der Waals surface area contributed by atoms with Crippen molar-refractivity contribution >= 4 is 24.4 Å². The molecule has 1 aromatic carbocycles. The summed E-state index contributed by atoms with van der Waals surface area (Å²) in [5, 5.41) is 13.1. The van der Waals surface area contributed by atoms with Crippen LogP contribution in [0.2, 0.25) is 0 Å². The zero-order valence-electron chi connectivity index (χ0n) is 25.9. The van der Waals surface area contributed by atoms with E-state index in [4.69, 9.17) is 28.4 Å². The van der Waals surface area contributed by atoms with Crippen LogP contribution in [0.3, 0.4) is 0 Å². The Balaban J connectivity index is 3.34. The maximum absolute atomic E-state index is 12.6. The van der Waals surface area contributed by atoms with Crippen molar-refractivity contribution in [2.24, 2.45) is 11.8 Å². The van der Waals surface area contributed by atoms with Gasteiger partial charge in [0.15, 0.2) is 11.5 Å². The molecule has 0 radical (unpaired) electrons. The number of carbonyl (C=O) groups excluding carboxylic acids is 3. The summed E-state index contributed by atoms with van der Waals surface area (Å²) in [6, 6.07) is 3.72. The third-order valence-corrected chi connectivity index (χ3v) is 6.09. The molecule has 1 unspecified atom stereocenters. The Hall–Kier alpha value is -3.54. The number of nitrogens with one attached hydrogen (secondary N) is 1. The van der Waals surface area contributed by atoms with Crippen LogP contribution >= 0.6 is 0 Å². The van der Waals surface area contributed by atoms with Gasteiger partial charge < -0.3 is 33.5 Å². The molecule has 0 aliphatic heterocycles. The summed E-state index contributed by atoms with van der Waals surface area (Å²) in [7, 11) is 0. The molecule has 0 amide bonds. The molecule has 0 aliphatic rings. The largest absolute Gasteiger partial charge is 0.513 e. The summed E-state index contributed by atoms with van der Waals surface area (Å²) >= 11 is 0. The zero-order chi connectivity index (χ0) is 31.7. The standard InChI is InChI=1S/C30H47NO11/c1-8-10-15-37-29(36)42-30(26(32)33,31-22(7)9-2)19-23-11-12-24(40-27(34)38-16-13-20(3)4)25(18-23)41-28(35)39-17-14-21(5)6/h11-12,18,20-22,31H,8-10,13-17,19H2,1-7H3,(H,32,33)/t22?,30-/m0/s1. The molecule has 0 spiro atoms. The second kappa shape index (κ2) is 18.8. The second-order valence-corrected chi connectivity index (χ2v) is 10.9. The average molecular weight is 598 g/mol. The SMILES string of the molecule is CCCCOC(=O)O[C@](Cc1ccc(OC(=O)OCCC(C)C)c(OC(=O)OCCC(C)C)c1)(NC(C)CC)C(=O)O. The number of ether oxygens (including phenoxy) is 6. The lowest BCUT2D eigenvalue weighted by atomic mass is 10.00. The minimum absolute atomic E-state index is 0.0740. The monoisotopic (exact) mass is 597 g/mol. The predicted octanol–water partition coefficient (Wildman–Crippen LogP) is 6.47. The molecule has 2 N–H and O–H groups in total. The number of hydrogen-bond donors (Lipinski definition) is 2. The highest BCUT2D eigenvalue weighted by atomic mass is 16.8. The number of carboxylic acid groups (broad SMARTS) is 1. The lowest BCUT2D eigenvalue weighted by Crippen LogP contribution is -2.59. The van der Waals surface area contributed by atoms with E-state index in [1.54, 1.807) is 6.92 Å². The van der Waals surface area contributed by atoms with Gasteiger partial charge in [0, 0.05) is 12.5 Å². The Labute approximate surface area is 248 Å². The van der Waals surface area contributed by atoms with E-state index in [0.717, 1.165) is 6.42 Å². The Morgan fingerprint density at radius 1 is 0.810 bits per heavy atom. The first kappa shape index (κ1) is 36.5. The molecular weight excluding hydrogens is 550 g/mol. The molecule has 1 rings (SSSR count). The lowest BCUT2D eigenvalue weighted by molar-refractivity contribution is -0.167. The van der Waals surface area contributed by atoms with E-state index in [9.17, 15) is 24.3 Å². The van der Waals surface area contributed by atoms with Gasteiger partial charge in [-0.3, -0.25) is 5.32 Å². The summed E-state index contributed by atoms with van der Waals surface area (Å²) < 4.78 is 31.3. The smallest absolute Gasteiger partial charge is 0.477 e. The second-order valence-electron chi connectivity index (χ2n) is 10.9. The highest BCUT2D eigenvalue weighted by molar-refractivity contribution is 5.80. The summed E-state index contributed by atoms with van der Waals surface area (Å²) in [4.78, 5) is 49.7. The van der Waals surface area contributed by atoms with Crippen molar-refractivity contribution in [2.45, 2.75) is 98.8 Å². The van der Waals surface area contributed by atoms with Gasteiger partial charge in [-0.25, -0.2) is 19.2 Å². The predicted molar refractivity (Wildman–Crippen MR) is 154 cm³/mol. The first-order valence-corrected chi connectivity index (χ1v) is 14.5. The molecule has 2 atom stereocenters. The first-order valence-electron chi connectivity index (χ1n) is 14.5. The molecule has 0 saturated heterocycles. The highest BCUT2D eigenvalue weighted by Crippen LogP contribution is 2.31. The van der Waals surface area contributed by atoms with Crippen LogP contribution in [-0.2, 0) is 30.2 Å². The highest BCUT2D eigenvalue weighted by Gasteiger charge is 2.44. The maximum atomic E-state index is 12.6. The molecule has 0 saturated carbocycles. The number of carbonyl (C=O) groups is 4. The van der Waals surface area contributed by atoms with Crippen LogP contribution in [0.5, 0.6) is 11.5 Å². The van der Waals surface area contributed by atoms with Gasteiger partial charge in [-0.15, -0.1) is 0 Å². The zero-order valence-corrected chi connectivity index (χ0v) is 25.9. The van der Waals surface area contributed by atoms with Gasteiger partial charge in [0.05, 0.1) is 19.8 Å². The van der Waals surface area contributed by atoms with Gasteiger partial charge in [-0.1, -0.05) is 54.0 Å². The van der Waals surface area contributed by atoms with Crippen LogP contribution in [0.1, 0.15) is 86.1 Å². The lowest BCUT2D eigenvalue weighted by Gasteiger charge is -2.32. The van der Waals surface area contributed by atoms with Crippen LogP contribution in [0, 0.1) is 11.8 Å². The Morgan fingerprint density at radius 2 is 1.36 bits per heavy atom. The van der Waals surface area contributed by atoms with Crippen molar-refractivity contribution in [2.75, 3.05) is 19.8 Å². The summed E-state index contributed by atoms with van der Waals surface area (Å²) in [6.07, 6.45) is -0.444. The molecule has 0 heterocycles. The van der Waals surface area contributed by atoms with E-state index in [2.05, 4.69) is 5.32 Å². The number of benzene rings is 1. The quantitative estimate of drug-likeness (QED) is 0.0625. The van der Waals surface area contributed by atoms with Gasteiger partial charge >= 0.3 is 24.4 Å². The van der Waals surface area contributed by atoms with Crippen LogP contribution in [0.25, 0.3) is 0 Å². The number of aliphatic carboxylic acids is 1. The Kier molecular flexibility index (Phi) is 16.3. The molecular formula is C30H47NO11. The molecule has 12 heteroatoms. The van der Waals surface area contributed by atoms with Crippen LogP contribution in [-0.4, -0.2) is 61.1 Å². The number of carboxylic acids is 1. The van der Waals surface area contributed by atoms with E-state index in [1.807, 2.05) is 41.5 Å². The summed E-state index contributed by atoms with van der Waals surface area (Å²) in [6.45, 7) is 13.7. The third kappa shape index (κ3) is 13.9. The third-order valence-electron chi connectivity index (χ3n) is 6.09. The first-order chi connectivity index (χ1) is 19.8. The normalized spacial score (nSPS) is 13.2. The van der Waals surface area contributed by atoms with Crippen LogP contribution in [0.4, 0.5) is 14.4 Å². The molecule has 1 aromatic rings. The number of rotatable bonds is 18. The summed E-state index contributed by atoms with van der Waals surface area (Å²) in [5.74, 6) is -1.22. The van der Waals surface area contributed by atoms with Crippen molar-refractivity contribution in [1.82, 2.24) is 5.32 Å².